The number of carbonyl (C=O) groups is 2. The number of halogens is 2. The third-order valence-corrected chi connectivity index (χ3v) is 3.98. The highest BCUT2D eigenvalue weighted by atomic mass is 35.5. The molecule has 1 aliphatic heterocycles. The number of nitrogens with one attached hydrogen (secondary N) is 1. The van der Waals surface area contributed by atoms with Gasteiger partial charge >= 0.3 is 11.8 Å². The molecule has 118 valence electrons. The molecule has 1 aliphatic rings. The van der Waals surface area contributed by atoms with Crippen LogP contribution in [0, 0.1) is 0 Å². The van der Waals surface area contributed by atoms with Gasteiger partial charge in [-0.15, -0.1) is 0 Å². The van der Waals surface area contributed by atoms with E-state index in [1.165, 1.54) is 6.21 Å². The average molecular weight is 342 g/mol. The van der Waals surface area contributed by atoms with E-state index in [-0.39, 0.29) is 0 Å². The van der Waals surface area contributed by atoms with Crippen LogP contribution in [0.5, 0.6) is 0 Å². The molecule has 0 aliphatic carbocycles. The Balaban J connectivity index is 1.91. The minimum atomic E-state index is -0.733. The second kappa shape index (κ2) is 8.15. The topological polar surface area (TPSA) is 61.8 Å². The number of rotatable bonds is 2. The minimum absolute atomic E-state index is 0.421. The van der Waals surface area contributed by atoms with Gasteiger partial charge in [-0.3, -0.25) is 9.59 Å². The summed E-state index contributed by atoms with van der Waals surface area (Å²) in [5.74, 6) is -1.27. The van der Waals surface area contributed by atoms with Gasteiger partial charge in [0.05, 0.1) is 11.2 Å². The van der Waals surface area contributed by atoms with E-state index in [9.17, 15) is 9.59 Å². The first-order valence-corrected chi connectivity index (χ1v) is 7.91. The molecule has 5 nitrogen and oxygen atoms in total. The summed E-state index contributed by atoms with van der Waals surface area (Å²) >= 11 is 11.8. The van der Waals surface area contributed by atoms with Crippen LogP contribution in [0.2, 0.25) is 10.0 Å². The second-order valence-electron chi connectivity index (χ2n) is 5.07. The van der Waals surface area contributed by atoms with Crippen LogP contribution in [-0.4, -0.2) is 36.0 Å². The Morgan fingerprint density at radius 3 is 2.45 bits per heavy atom. The number of benzene rings is 1. The van der Waals surface area contributed by atoms with Gasteiger partial charge in [0.1, 0.15) is 0 Å². The zero-order valence-corrected chi connectivity index (χ0v) is 13.5. The molecule has 0 saturated carbocycles. The number of hydrogen-bond acceptors (Lipinski definition) is 3. The summed E-state index contributed by atoms with van der Waals surface area (Å²) in [6.45, 7) is 1.25. The van der Waals surface area contributed by atoms with Crippen molar-refractivity contribution in [1.29, 1.82) is 0 Å². The zero-order chi connectivity index (χ0) is 15.9. The molecule has 1 aromatic rings. The van der Waals surface area contributed by atoms with E-state index >= 15 is 0 Å². The smallest absolute Gasteiger partial charge is 0.329 e. The maximum Gasteiger partial charge on any atom is 0.329 e. The normalized spacial score (nSPS) is 15.6. The van der Waals surface area contributed by atoms with Crippen molar-refractivity contribution in [2.75, 3.05) is 13.1 Å². The molecule has 0 atom stereocenters. The molecule has 1 fully saturated rings. The van der Waals surface area contributed by atoms with Gasteiger partial charge in [-0.05, 0) is 25.0 Å². The largest absolute Gasteiger partial charge is 0.334 e. The third kappa shape index (κ3) is 4.71. The molecule has 1 aromatic carbocycles. The van der Waals surface area contributed by atoms with E-state index in [0.717, 1.165) is 25.7 Å². The average Bonchev–Trinajstić information content (AvgIpc) is 2.77. The van der Waals surface area contributed by atoms with Crippen molar-refractivity contribution in [3.63, 3.8) is 0 Å². The van der Waals surface area contributed by atoms with Crippen molar-refractivity contribution < 1.29 is 9.59 Å². The summed E-state index contributed by atoms with van der Waals surface area (Å²) < 4.78 is 0. The van der Waals surface area contributed by atoms with Gasteiger partial charge in [-0.2, -0.15) is 5.10 Å². The van der Waals surface area contributed by atoms with E-state index < -0.39 is 11.8 Å². The van der Waals surface area contributed by atoms with Crippen LogP contribution in [-0.2, 0) is 9.59 Å². The highest BCUT2D eigenvalue weighted by Gasteiger charge is 2.22. The lowest BCUT2D eigenvalue weighted by Crippen LogP contribution is -2.41. The predicted molar refractivity (Wildman–Crippen MR) is 87.2 cm³/mol. The quantitative estimate of drug-likeness (QED) is 0.510. The van der Waals surface area contributed by atoms with Crippen LogP contribution in [0.15, 0.2) is 23.3 Å². The predicted octanol–water partition coefficient (Wildman–Crippen LogP) is 2.85. The van der Waals surface area contributed by atoms with Gasteiger partial charge in [0, 0.05) is 23.7 Å². The van der Waals surface area contributed by atoms with Gasteiger partial charge in [0.15, 0.2) is 0 Å². The minimum Gasteiger partial charge on any atom is -0.334 e. The van der Waals surface area contributed by atoms with Crippen molar-refractivity contribution >= 4 is 41.2 Å². The van der Waals surface area contributed by atoms with E-state index in [4.69, 9.17) is 23.2 Å². The Hall–Kier alpha value is -1.59. The van der Waals surface area contributed by atoms with E-state index in [1.807, 2.05) is 0 Å². The monoisotopic (exact) mass is 341 g/mol. The Labute approximate surface area is 139 Å². The van der Waals surface area contributed by atoms with Crippen molar-refractivity contribution in [2.24, 2.45) is 5.10 Å². The first-order chi connectivity index (χ1) is 10.6. The lowest BCUT2D eigenvalue weighted by atomic mass is 10.2. The summed E-state index contributed by atoms with van der Waals surface area (Å²) in [6, 6.07) is 4.92. The highest BCUT2D eigenvalue weighted by molar-refractivity contribution is 6.36. The van der Waals surface area contributed by atoms with Crippen molar-refractivity contribution in [1.82, 2.24) is 10.3 Å². The summed E-state index contributed by atoms with van der Waals surface area (Å²) in [6.07, 6.45) is 5.44. The lowest BCUT2D eigenvalue weighted by molar-refractivity contribution is -0.145. The number of hydrazone groups is 1. The summed E-state index contributed by atoms with van der Waals surface area (Å²) in [5, 5.41) is 4.71. The Morgan fingerprint density at radius 2 is 1.82 bits per heavy atom. The van der Waals surface area contributed by atoms with Gasteiger partial charge in [-0.1, -0.05) is 42.1 Å². The van der Waals surface area contributed by atoms with Gasteiger partial charge < -0.3 is 4.90 Å². The number of amides is 2. The maximum absolute atomic E-state index is 12.0. The van der Waals surface area contributed by atoms with Crippen molar-refractivity contribution in [3.05, 3.63) is 33.8 Å². The molecule has 0 spiro atoms. The van der Waals surface area contributed by atoms with Crippen LogP contribution in [0.4, 0.5) is 0 Å². The fourth-order valence-electron chi connectivity index (χ4n) is 2.23. The first kappa shape index (κ1) is 16.8. The number of nitrogens with zero attached hydrogens (tertiary/aromatic N) is 2. The van der Waals surface area contributed by atoms with Crippen LogP contribution >= 0.6 is 23.2 Å². The third-order valence-electron chi connectivity index (χ3n) is 3.42. The highest BCUT2D eigenvalue weighted by Crippen LogP contribution is 2.19. The molecule has 1 saturated heterocycles. The molecule has 0 aromatic heterocycles. The number of likely N-dealkylation sites (tertiary alicyclic amines) is 1. The van der Waals surface area contributed by atoms with Crippen LogP contribution < -0.4 is 5.43 Å². The molecule has 0 bridgehead atoms. The molecule has 2 amide bonds. The standard InChI is InChI=1S/C15H17Cl2N3O2/c16-12-6-5-11(13(17)9-12)10-18-19-14(21)15(22)20-7-3-1-2-4-8-20/h5-6,9-10H,1-4,7-8H2,(H,19,21)/b18-10-. The molecule has 7 heteroatoms. The summed E-state index contributed by atoms with van der Waals surface area (Å²) in [4.78, 5) is 25.4. The molecule has 1 heterocycles. The van der Waals surface area contributed by atoms with E-state index in [2.05, 4.69) is 10.5 Å². The number of carbonyl (C=O) groups excluding carboxylic acids is 2. The Kier molecular flexibility index (Phi) is 6.21. The zero-order valence-electron chi connectivity index (χ0n) is 12.0. The second-order valence-corrected chi connectivity index (χ2v) is 5.92. The fraction of sp³-hybridized carbons (Fsp3) is 0.400. The van der Waals surface area contributed by atoms with E-state index in [1.54, 1.807) is 23.1 Å². The molecule has 2 rings (SSSR count). The Morgan fingerprint density at radius 1 is 1.14 bits per heavy atom. The first-order valence-electron chi connectivity index (χ1n) is 7.15. The van der Waals surface area contributed by atoms with Crippen LogP contribution in [0.1, 0.15) is 31.2 Å². The maximum atomic E-state index is 12.0. The number of hydrogen-bond donors (Lipinski definition) is 1. The molecule has 22 heavy (non-hydrogen) atoms. The Bertz CT molecular complexity index is 582. The summed E-state index contributed by atoms with van der Waals surface area (Å²) in [7, 11) is 0. The molecular weight excluding hydrogens is 325 g/mol. The molecule has 1 N–H and O–H groups in total. The van der Waals surface area contributed by atoms with Gasteiger partial charge in [0.2, 0.25) is 0 Å². The van der Waals surface area contributed by atoms with Crippen LogP contribution in [0.25, 0.3) is 0 Å². The van der Waals surface area contributed by atoms with Crippen molar-refractivity contribution in [2.45, 2.75) is 25.7 Å². The molecule has 0 unspecified atom stereocenters. The molecule has 0 radical (unpaired) electrons. The SMILES string of the molecule is O=C(N/N=C\c1ccc(Cl)cc1Cl)C(=O)N1CCCCCC1. The lowest BCUT2D eigenvalue weighted by Gasteiger charge is -2.18. The van der Waals surface area contributed by atoms with Crippen molar-refractivity contribution in [3.8, 4) is 0 Å². The van der Waals surface area contributed by atoms with Crippen LogP contribution in [0.3, 0.4) is 0 Å². The summed E-state index contributed by atoms with van der Waals surface area (Å²) in [5.41, 5.74) is 2.84. The van der Waals surface area contributed by atoms with Gasteiger partial charge in [0.25, 0.3) is 0 Å². The van der Waals surface area contributed by atoms with E-state index in [0.29, 0.717) is 28.7 Å². The molecular formula is C15H17Cl2N3O2. The fourth-order valence-corrected chi connectivity index (χ4v) is 2.69. The van der Waals surface area contributed by atoms with Gasteiger partial charge in [-0.25, -0.2) is 5.43 Å².